The number of hydrogen-bond donors (Lipinski definition) is 3. The molecular formula is C15H20N4O2. The zero-order valence-corrected chi connectivity index (χ0v) is 12.0. The molecular weight excluding hydrogens is 268 g/mol. The van der Waals surface area contributed by atoms with Gasteiger partial charge in [0, 0.05) is 37.6 Å². The van der Waals surface area contributed by atoms with Gasteiger partial charge in [-0.2, -0.15) is 5.10 Å². The highest BCUT2D eigenvalue weighted by Gasteiger charge is 2.10. The molecule has 1 heterocycles. The van der Waals surface area contributed by atoms with Gasteiger partial charge in [0.25, 0.3) is 5.91 Å². The number of carbonyl (C=O) groups excluding carboxylic acids is 1. The molecule has 0 unspecified atom stereocenters. The van der Waals surface area contributed by atoms with E-state index in [-0.39, 0.29) is 12.5 Å². The number of rotatable bonds is 6. The summed E-state index contributed by atoms with van der Waals surface area (Å²) >= 11 is 0. The predicted octanol–water partition coefficient (Wildman–Crippen LogP) is 1.26. The Morgan fingerprint density at radius 2 is 2.19 bits per heavy atom. The maximum Gasteiger partial charge on any atom is 0.253 e. The minimum absolute atomic E-state index is 0.196. The number of aromatic nitrogens is 2. The van der Waals surface area contributed by atoms with Crippen molar-refractivity contribution < 1.29 is 9.90 Å². The summed E-state index contributed by atoms with van der Waals surface area (Å²) in [6.07, 6.45) is 5.33. The molecule has 6 nitrogen and oxygen atoms in total. The van der Waals surface area contributed by atoms with Crippen molar-refractivity contribution in [3.63, 3.8) is 0 Å². The number of nitrogens with two attached hydrogens (primary N) is 1. The number of benzene rings is 1. The van der Waals surface area contributed by atoms with E-state index in [0.717, 1.165) is 30.5 Å². The lowest BCUT2D eigenvalue weighted by Crippen LogP contribution is -2.19. The normalized spacial score (nSPS) is 10.6. The first-order chi connectivity index (χ1) is 10.2. The van der Waals surface area contributed by atoms with Gasteiger partial charge in [-0.15, -0.1) is 0 Å². The predicted molar refractivity (Wildman–Crippen MR) is 81.8 cm³/mol. The molecule has 4 N–H and O–H groups in total. The Hall–Kier alpha value is -2.34. The Morgan fingerprint density at radius 3 is 2.90 bits per heavy atom. The fraction of sp³-hybridized carbons (Fsp3) is 0.333. The summed E-state index contributed by atoms with van der Waals surface area (Å²) in [5.41, 5.74) is 8.57. The van der Waals surface area contributed by atoms with E-state index in [1.807, 2.05) is 16.9 Å². The summed E-state index contributed by atoms with van der Waals surface area (Å²) in [4.78, 5) is 11.8. The number of amides is 1. The largest absolute Gasteiger partial charge is 0.398 e. The maximum absolute atomic E-state index is 11.8. The highest BCUT2D eigenvalue weighted by Crippen LogP contribution is 2.23. The summed E-state index contributed by atoms with van der Waals surface area (Å²) in [5.74, 6) is -0.204. The second-order valence-corrected chi connectivity index (χ2v) is 4.80. The fourth-order valence-electron chi connectivity index (χ4n) is 2.09. The van der Waals surface area contributed by atoms with Crippen LogP contribution in [0.4, 0.5) is 5.69 Å². The SMILES string of the molecule is CNC(=O)c1cc(-c2cnn(CCCCO)c2)ccc1N. The number of nitrogens with zero attached hydrogens (tertiary/aromatic N) is 2. The molecule has 6 heteroatoms. The second-order valence-electron chi connectivity index (χ2n) is 4.80. The zero-order chi connectivity index (χ0) is 15.2. The van der Waals surface area contributed by atoms with Crippen LogP contribution in [-0.4, -0.2) is 34.4 Å². The molecule has 0 saturated carbocycles. The smallest absolute Gasteiger partial charge is 0.253 e. The van der Waals surface area contributed by atoms with Crippen LogP contribution in [0.5, 0.6) is 0 Å². The maximum atomic E-state index is 11.8. The molecule has 0 fully saturated rings. The third-order valence-electron chi connectivity index (χ3n) is 3.29. The van der Waals surface area contributed by atoms with Crippen molar-refractivity contribution in [2.75, 3.05) is 19.4 Å². The van der Waals surface area contributed by atoms with Crippen LogP contribution in [0, 0.1) is 0 Å². The average Bonchev–Trinajstić information content (AvgIpc) is 2.96. The minimum Gasteiger partial charge on any atom is -0.398 e. The Bertz CT molecular complexity index is 622. The Balaban J connectivity index is 2.20. The van der Waals surface area contributed by atoms with Crippen LogP contribution in [0.1, 0.15) is 23.2 Å². The van der Waals surface area contributed by atoms with E-state index in [9.17, 15) is 4.79 Å². The molecule has 0 bridgehead atoms. The molecule has 2 aromatic rings. The van der Waals surface area contributed by atoms with Crippen LogP contribution >= 0.6 is 0 Å². The number of carbonyl (C=O) groups is 1. The van der Waals surface area contributed by atoms with E-state index < -0.39 is 0 Å². The summed E-state index contributed by atoms with van der Waals surface area (Å²) in [6, 6.07) is 5.36. The molecule has 1 aromatic heterocycles. The lowest BCUT2D eigenvalue weighted by molar-refractivity contribution is 0.0964. The second kappa shape index (κ2) is 6.90. The van der Waals surface area contributed by atoms with Crippen LogP contribution in [-0.2, 0) is 6.54 Å². The van der Waals surface area contributed by atoms with Crippen LogP contribution in [0.3, 0.4) is 0 Å². The first-order valence-corrected chi connectivity index (χ1v) is 6.91. The van der Waals surface area contributed by atoms with E-state index in [0.29, 0.717) is 11.3 Å². The summed E-state index contributed by atoms with van der Waals surface area (Å²) in [7, 11) is 1.58. The van der Waals surface area contributed by atoms with Crippen molar-refractivity contribution in [3.05, 3.63) is 36.2 Å². The van der Waals surface area contributed by atoms with Crippen molar-refractivity contribution in [2.45, 2.75) is 19.4 Å². The lowest BCUT2D eigenvalue weighted by Gasteiger charge is -2.06. The highest BCUT2D eigenvalue weighted by molar-refractivity contribution is 6.00. The van der Waals surface area contributed by atoms with Crippen molar-refractivity contribution >= 4 is 11.6 Å². The third-order valence-corrected chi connectivity index (χ3v) is 3.29. The molecule has 1 aromatic carbocycles. The van der Waals surface area contributed by atoms with E-state index in [1.165, 1.54) is 0 Å². The molecule has 0 radical (unpaired) electrons. The van der Waals surface area contributed by atoms with E-state index >= 15 is 0 Å². The Kier molecular flexibility index (Phi) is 4.94. The molecule has 2 rings (SSSR count). The van der Waals surface area contributed by atoms with E-state index in [4.69, 9.17) is 10.8 Å². The van der Waals surface area contributed by atoms with Gasteiger partial charge in [0.05, 0.1) is 11.8 Å². The third kappa shape index (κ3) is 3.61. The molecule has 112 valence electrons. The van der Waals surface area contributed by atoms with Gasteiger partial charge in [0.1, 0.15) is 0 Å². The van der Waals surface area contributed by atoms with Crippen molar-refractivity contribution in [3.8, 4) is 11.1 Å². The summed E-state index contributed by atoms with van der Waals surface area (Å²) < 4.78 is 1.83. The number of aliphatic hydroxyl groups is 1. The van der Waals surface area contributed by atoms with Gasteiger partial charge < -0.3 is 16.2 Å². The number of nitrogens with one attached hydrogen (secondary N) is 1. The number of unbranched alkanes of at least 4 members (excludes halogenated alkanes) is 1. The van der Waals surface area contributed by atoms with Gasteiger partial charge >= 0.3 is 0 Å². The first-order valence-electron chi connectivity index (χ1n) is 6.91. The lowest BCUT2D eigenvalue weighted by atomic mass is 10.0. The number of aliphatic hydroxyl groups excluding tert-OH is 1. The van der Waals surface area contributed by atoms with Gasteiger partial charge in [-0.05, 0) is 30.5 Å². The van der Waals surface area contributed by atoms with Crippen molar-refractivity contribution in [1.29, 1.82) is 0 Å². The number of aryl methyl sites for hydroxylation is 1. The monoisotopic (exact) mass is 288 g/mol. The topological polar surface area (TPSA) is 93.2 Å². The van der Waals surface area contributed by atoms with Crippen molar-refractivity contribution in [1.82, 2.24) is 15.1 Å². The van der Waals surface area contributed by atoms with Crippen LogP contribution in [0.25, 0.3) is 11.1 Å². The molecule has 0 aliphatic carbocycles. The minimum atomic E-state index is -0.204. The van der Waals surface area contributed by atoms with Crippen LogP contribution in [0.2, 0.25) is 0 Å². The molecule has 0 spiro atoms. The zero-order valence-electron chi connectivity index (χ0n) is 12.0. The van der Waals surface area contributed by atoms with Gasteiger partial charge in [-0.25, -0.2) is 0 Å². The van der Waals surface area contributed by atoms with Crippen LogP contribution in [0.15, 0.2) is 30.6 Å². The van der Waals surface area contributed by atoms with Gasteiger partial charge in [-0.1, -0.05) is 6.07 Å². The van der Waals surface area contributed by atoms with Crippen molar-refractivity contribution in [2.24, 2.45) is 0 Å². The Labute approximate surface area is 123 Å². The molecule has 1 amide bonds. The standard InChI is InChI=1S/C15H20N4O2/c1-17-15(21)13-8-11(4-5-14(13)16)12-9-18-19(10-12)6-2-3-7-20/h4-5,8-10,20H,2-3,6-7,16H2,1H3,(H,17,21). The fourth-order valence-corrected chi connectivity index (χ4v) is 2.09. The molecule has 21 heavy (non-hydrogen) atoms. The number of hydrogen-bond acceptors (Lipinski definition) is 4. The Morgan fingerprint density at radius 1 is 1.38 bits per heavy atom. The van der Waals surface area contributed by atoms with Gasteiger partial charge in [0.15, 0.2) is 0 Å². The quantitative estimate of drug-likeness (QED) is 0.551. The van der Waals surface area contributed by atoms with Crippen LogP contribution < -0.4 is 11.1 Å². The average molecular weight is 288 g/mol. The van der Waals surface area contributed by atoms with E-state index in [1.54, 1.807) is 25.4 Å². The first kappa shape index (κ1) is 15.1. The molecule has 0 aliphatic rings. The number of nitrogen functional groups attached to an aromatic ring is 1. The molecule has 0 aliphatic heterocycles. The molecule has 0 saturated heterocycles. The summed E-state index contributed by atoms with van der Waals surface area (Å²) in [5, 5.41) is 15.6. The van der Waals surface area contributed by atoms with E-state index in [2.05, 4.69) is 10.4 Å². The number of anilines is 1. The summed E-state index contributed by atoms with van der Waals surface area (Å²) in [6.45, 7) is 0.958. The highest BCUT2D eigenvalue weighted by atomic mass is 16.2. The van der Waals surface area contributed by atoms with Gasteiger partial charge in [-0.3, -0.25) is 9.48 Å². The molecule has 0 atom stereocenters. The van der Waals surface area contributed by atoms with Gasteiger partial charge in [0.2, 0.25) is 0 Å².